The van der Waals surface area contributed by atoms with Crippen molar-refractivity contribution in [1.82, 2.24) is 4.98 Å². The number of aromatic nitrogens is 1. The van der Waals surface area contributed by atoms with Crippen LogP contribution in [0.15, 0.2) is 41.4 Å². The van der Waals surface area contributed by atoms with Gasteiger partial charge in [-0.3, -0.25) is 14.9 Å². The third kappa shape index (κ3) is 4.36. The Morgan fingerprint density at radius 1 is 1.43 bits per heavy atom. The number of thiazole rings is 1. The molecule has 0 bridgehead atoms. The number of carbonyl (C=O) groups excluding carboxylic acids is 1. The molecule has 0 spiro atoms. The lowest BCUT2D eigenvalue weighted by atomic mass is 10.2. The van der Waals surface area contributed by atoms with Crippen molar-refractivity contribution < 1.29 is 9.72 Å². The molecule has 0 aliphatic carbocycles. The van der Waals surface area contributed by atoms with Crippen LogP contribution in [-0.4, -0.2) is 15.8 Å². The minimum Gasteiger partial charge on any atom is -0.337 e. The SMILES string of the molecule is Cc1csc(N/C=C(/C#N)C(=O)Nc2ccc([N+](=O)[O-])cc2)n1. The number of anilines is 2. The summed E-state index contributed by atoms with van der Waals surface area (Å²) < 4.78 is 0. The summed E-state index contributed by atoms with van der Waals surface area (Å²) in [6.07, 6.45) is 1.26. The fourth-order valence-corrected chi connectivity index (χ4v) is 2.23. The van der Waals surface area contributed by atoms with E-state index < -0.39 is 10.8 Å². The maximum atomic E-state index is 12.0. The van der Waals surface area contributed by atoms with Crippen molar-refractivity contribution in [2.24, 2.45) is 0 Å². The Bertz CT molecular complexity index is 805. The lowest BCUT2D eigenvalue weighted by molar-refractivity contribution is -0.384. The van der Waals surface area contributed by atoms with E-state index in [4.69, 9.17) is 5.26 Å². The highest BCUT2D eigenvalue weighted by atomic mass is 32.1. The highest BCUT2D eigenvalue weighted by Gasteiger charge is 2.11. The minimum atomic E-state index is -0.623. The molecule has 1 aromatic carbocycles. The normalized spacial score (nSPS) is 10.7. The number of hydrogen-bond donors (Lipinski definition) is 2. The van der Waals surface area contributed by atoms with E-state index in [0.717, 1.165) is 5.69 Å². The van der Waals surface area contributed by atoms with Gasteiger partial charge in [-0.15, -0.1) is 11.3 Å². The Hall–Kier alpha value is -3.25. The Kier molecular flexibility index (Phi) is 5.01. The summed E-state index contributed by atoms with van der Waals surface area (Å²) in [5.74, 6) is -0.623. The molecule has 0 atom stereocenters. The van der Waals surface area contributed by atoms with Crippen LogP contribution in [0.4, 0.5) is 16.5 Å². The maximum absolute atomic E-state index is 12.0. The van der Waals surface area contributed by atoms with E-state index in [0.29, 0.717) is 10.8 Å². The summed E-state index contributed by atoms with van der Waals surface area (Å²) in [6.45, 7) is 1.83. The molecular weight excluding hydrogens is 318 g/mol. The topological polar surface area (TPSA) is 121 Å². The van der Waals surface area contributed by atoms with Crippen LogP contribution >= 0.6 is 11.3 Å². The zero-order valence-electron chi connectivity index (χ0n) is 11.9. The largest absolute Gasteiger partial charge is 0.337 e. The van der Waals surface area contributed by atoms with Crippen LogP contribution in [0.25, 0.3) is 0 Å². The fraction of sp³-hybridized carbons (Fsp3) is 0.0714. The van der Waals surface area contributed by atoms with Gasteiger partial charge >= 0.3 is 0 Å². The predicted octanol–water partition coefficient (Wildman–Crippen LogP) is 2.82. The molecule has 0 radical (unpaired) electrons. The van der Waals surface area contributed by atoms with Crippen molar-refractivity contribution in [2.75, 3.05) is 10.6 Å². The van der Waals surface area contributed by atoms with Gasteiger partial charge < -0.3 is 10.6 Å². The number of nitro groups is 1. The number of amides is 1. The summed E-state index contributed by atoms with van der Waals surface area (Å²) in [5, 5.41) is 27.3. The zero-order valence-corrected chi connectivity index (χ0v) is 12.8. The highest BCUT2D eigenvalue weighted by Crippen LogP contribution is 2.17. The summed E-state index contributed by atoms with van der Waals surface area (Å²) >= 11 is 1.35. The number of aryl methyl sites for hydroxylation is 1. The maximum Gasteiger partial charge on any atom is 0.269 e. The van der Waals surface area contributed by atoms with E-state index in [-0.39, 0.29) is 11.3 Å². The van der Waals surface area contributed by atoms with Gasteiger partial charge in [0.05, 0.1) is 10.6 Å². The van der Waals surface area contributed by atoms with Crippen molar-refractivity contribution in [3.05, 3.63) is 57.2 Å². The molecule has 0 unspecified atom stereocenters. The quantitative estimate of drug-likeness (QED) is 0.376. The van der Waals surface area contributed by atoms with E-state index in [1.54, 1.807) is 6.07 Å². The van der Waals surface area contributed by atoms with Crippen LogP contribution in [-0.2, 0) is 4.79 Å². The first-order valence-corrected chi connectivity index (χ1v) is 7.22. The zero-order chi connectivity index (χ0) is 16.8. The van der Waals surface area contributed by atoms with Gasteiger partial charge in [0.2, 0.25) is 0 Å². The third-order valence-electron chi connectivity index (χ3n) is 2.66. The molecule has 1 amide bonds. The van der Waals surface area contributed by atoms with E-state index in [2.05, 4.69) is 15.6 Å². The number of hydrogen-bond acceptors (Lipinski definition) is 7. The Labute approximate surface area is 135 Å². The predicted molar refractivity (Wildman–Crippen MR) is 85.9 cm³/mol. The van der Waals surface area contributed by atoms with E-state index >= 15 is 0 Å². The first kappa shape index (κ1) is 16.1. The van der Waals surface area contributed by atoms with Crippen LogP contribution in [0.2, 0.25) is 0 Å². The van der Waals surface area contributed by atoms with Gasteiger partial charge in [0.15, 0.2) is 5.13 Å². The molecule has 8 nitrogen and oxygen atoms in total. The van der Waals surface area contributed by atoms with E-state index in [1.807, 2.05) is 12.3 Å². The minimum absolute atomic E-state index is 0.0835. The van der Waals surface area contributed by atoms with Gasteiger partial charge in [0, 0.05) is 29.4 Å². The lowest BCUT2D eigenvalue weighted by Gasteiger charge is -2.04. The standard InChI is InChI=1S/C14H11N5O3S/c1-9-8-23-14(17-9)16-7-10(6-15)13(20)18-11-2-4-12(5-3-11)19(21)22/h2-5,7-8H,1H3,(H,16,17)(H,18,20)/b10-7-. The molecule has 23 heavy (non-hydrogen) atoms. The molecule has 0 saturated carbocycles. The second kappa shape index (κ2) is 7.15. The summed E-state index contributed by atoms with van der Waals surface area (Å²) in [7, 11) is 0. The number of benzene rings is 1. The van der Waals surface area contributed by atoms with Crippen LogP contribution in [0.5, 0.6) is 0 Å². The summed E-state index contributed by atoms with van der Waals surface area (Å²) in [6, 6.07) is 7.10. The van der Waals surface area contributed by atoms with Gasteiger partial charge in [-0.2, -0.15) is 5.26 Å². The highest BCUT2D eigenvalue weighted by molar-refractivity contribution is 7.13. The lowest BCUT2D eigenvalue weighted by Crippen LogP contribution is -2.14. The van der Waals surface area contributed by atoms with Gasteiger partial charge in [0.1, 0.15) is 11.6 Å². The second-order valence-electron chi connectivity index (χ2n) is 4.37. The fourth-order valence-electron chi connectivity index (χ4n) is 1.57. The average molecular weight is 329 g/mol. The van der Waals surface area contributed by atoms with Gasteiger partial charge in [-0.25, -0.2) is 4.98 Å². The molecule has 2 N–H and O–H groups in total. The Morgan fingerprint density at radius 2 is 2.13 bits per heavy atom. The van der Waals surface area contributed by atoms with Crippen LogP contribution in [0.1, 0.15) is 5.69 Å². The number of nitrogens with one attached hydrogen (secondary N) is 2. The van der Waals surface area contributed by atoms with Gasteiger partial charge in [-0.05, 0) is 19.1 Å². The molecule has 0 aliphatic rings. The number of nitro benzene ring substituents is 1. The Morgan fingerprint density at radius 3 is 2.65 bits per heavy atom. The molecule has 0 saturated heterocycles. The molecule has 2 rings (SSSR count). The number of carbonyl (C=O) groups is 1. The molecular formula is C14H11N5O3S. The monoisotopic (exact) mass is 329 g/mol. The van der Waals surface area contributed by atoms with Gasteiger partial charge in [0.25, 0.3) is 11.6 Å². The number of rotatable bonds is 5. The van der Waals surface area contributed by atoms with Gasteiger partial charge in [-0.1, -0.05) is 0 Å². The average Bonchev–Trinajstić information content (AvgIpc) is 2.94. The second-order valence-corrected chi connectivity index (χ2v) is 5.22. The van der Waals surface area contributed by atoms with E-state index in [9.17, 15) is 14.9 Å². The smallest absolute Gasteiger partial charge is 0.269 e. The number of nitriles is 1. The molecule has 2 aromatic rings. The van der Waals surface area contributed by atoms with Crippen molar-refractivity contribution in [1.29, 1.82) is 5.26 Å². The molecule has 0 aliphatic heterocycles. The van der Waals surface area contributed by atoms with Crippen molar-refractivity contribution in [3.8, 4) is 6.07 Å². The molecule has 1 aromatic heterocycles. The van der Waals surface area contributed by atoms with Crippen LogP contribution in [0.3, 0.4) is 0 Å². The van der Waals surface area contributed by atoms with Crippen molar-refractivity contribution in [3.63, 3.8) is 0 Å². The first-order valence-electron chi connectivity index (χ1n) is 6.34. The van der Waals surface area contributed by atoms with Crippen LogP contribution < -0.4 is 10.6 Å². The summed E-state index contributed by atoms with van der Waals surface area (Å²) in [5.41, 5.74) is 0.961. The van der Waals surface area contributed by atoms with Crippen LogP contribution in [0, 0.1) is 28.4 Å². The number of nitrogens with zero attached hydrogens (tertiary/aromatic N) is 3. The Balaban J connectivity index is 2.05. The molecule has 116 valence electrons. The molecule has 0 fully saturated rings. The number of non-ortho nitro benzene ring substituents is 1. The summed E-state index contributed by atoms with van der Waals surface area (Å²) in [4.78, 5) is 26.2. The first-order chi connectivity index (χ1) is 11.0. The molecule has 1 heterocycles. The third-order valence-corrected chi connectivity index (χ3v) is 3.55. The molecule has 9 heteroatoms. The van der Waals surface area contributed by atoms with Crippen molar-refractivity contribution >= 4 is 33.8 Å². The van der Waals surface area contributed by atoms with Crippen molar-refractivity contribution in [2.45, 2.75) is 6.92 Å². The van der Waals surface area contributed by atoms with E-state index in [1.165, 1.54) is 41.8 Å².